The minimum atomic E-state index is -0.342. The molecule has 0 heterocycles. The lowest BCUT2D eigenvalue weighted by atomic mass is 10.3. The molecule has 2 rings (SSSR count). The molecule has 2 aromatic rings. The molecule has 2 amide bonds. The fraction of sp³-hybridized carbons (Fsp3) is 0.188. The highest BCUT2D eigenvalue weighted by Gasteiger charge is 2.05. The van der Waals surface area contributed by atoms with E-state index in [1.807, 2.05) is 12.1 Å². The third kappa shape index (κ3) is 4.68. The van der Waals surface area contributed by atoms with E-state index in [9.17, 15) is 4.79 Å². The quantitative estimate of drug-likeness (QED) is 0.835. The Morgan fingerprint density at radius 3 is 2.48 bits per heavy atom. The Morgan fingerprint density at radius 2 is 1.81 bits per heavy atom. The van der Waals surface area contributed by atoms with Gasteiger partial charge in [-0.05, 0) is 42.8 Å². The predicted octanol–water partition coefficient (Wildman–Crippen LogP) is 4.77. The first-order valence-electron chi connectivity index (χ1n) is 6.74. The number of anilines is 2. The molecule has 0 aliphatic carbocycles. The van der Waals surface area contributed by atoms with Crippen molar-refractivity contribution in [3.05, 3.63) is 53.6 Å². The Kier molecular flexibility index (Phi) is 5.46. The van der Waals surface area contributed by atoms with E-state index in [4.69, 9.17) is 16.3 Å². The van der Waals surface area contributed by atoms with Crippen molar-refractivity contribution in [2.24, 2.45) is 0 Å². The summed E-state index contributed by atoms with van der Waals surface area (Å²) >= 11 is 5.98. The topological polar surface area (TPSA) is 50.4 Å². The van der Waals surface area contributed by atoms with Gasteiger partial charge in [-0.2, -0.15) is 0 Å². The number of ether oxygens (including phenoxy) is 1. The number of hydrogen-bond acceptors (Lipinski definition) is 2. The Balaban J connectivity index is 1.92. The van der Waals surface area contributed by atoms with Crippen LogP contribution >= 0.6 is 11.6 Å². The number of hydrogen-bond donors (Lipinski definition) is 2. The van der Waals surface area contributed by atoms with Crippen LogP contribution in [0.1, 0.15) is 13.3 Å². The number of para-hydroxylation sites is 1. The van der Waals surface area contributed by atoms with Crippen molar-refractivity contribution in [2.45, 2.75) is 13.3 Å². The molecule has 0 radical (unpaired) electrons. The molecule has 0 aromatic heterocycles. The zero-order chi connectivity index (χ0) is 15.1. The van der Waals surface area contributed by atoms with Crippen molar-refractivity contribution in [3.8, 4) is 5.75 Å². The summed E-state index contributed by atoms with van der Waals surface area (Å²) in [5.41, 5.74) is 1.25. The number of carbonyl (C=O) groups excluding carboxylic acids is 1. The number of benzene rings is 2. The van der Waals surface area contributed by atoms with Crippen molar-refractivity contribution < 1.29 is 9.53 Å². The molecule has 0 bridgehead atoms. The van der Waals surface area contributed by atoms with Gasteiger partial charge in [0.1, 0.15) is 5.75 Å². The highest BCUT2D eigenvalue weighted by molar-refractivity contribution is 6.33. The van der Waals surface area contributed by atoms with Gasteiger partial charge in [-0.1, -0.05) is 30.7 Å². The summed E-state index contributed by atoms with van der Waals surface area (Å²) in [4.78, 5) is 11.9. The van der Waals surface area contributed by atoms with Crippen molar-refractivity contribution >= 4 is 29.0 Å². The third-order valence-corrected chi connectivity index (χ3v) is 3.04. The van der Waals surface area contributed by atoms with E-state index >= 15 is 0 Å². The molecule has 110 valence electrons. The number of rotatable bonds is 5. The van der Waals surface area contributed by atoms with E-state index < -0.39 is 0 Å². The minimum absolute atomic E-state index is 0.342. The van der Waals surface area contributed by atoms with E-state index in [2.05, 4.69) is 17.6 Å². The first-order chi connectivity index (χ1) is 10.2. The average molecular weight is 305 g/mol. The van der Waals surface area contributed by atoms with Gasteiger partial charge in [0.05, 0.1) is 17.3 Å². The largest absolute Gasteiger partial charge is 0.494 e. The molecular weight excluding hydrogens is 288 g/mol. The molecule has 0 atom stereocenters. The molecule has 0 aliphatic rings. The van der Waals surface area contributed by atoms with E-state index in [0.29, 0.717) is 23.0 Å². The second-order valence-corrected chi connectivity index (χ2v) is 4.84. The van der Waals surface area contributed by atoms with Crippen LogP contribution in [0, 0.1) is 0 Å². The molecule has 0 spiro atoms. The van der Waals surface area contributed by atoms with Crippen LogP contribution in [0.3, 0.4) is 0 Å². The first-order valence-corrected chi connectivity index (χ1v) is 7.12. The summed E-state index contributed by atoms with van der Waals surface area (Å²) in [7, 11) is 0. The van der Waals surface area contributed by atoms with E-state index in [1.54, 1.807) is 36.4 Å². The fourth-order valence-electron chi connectivity index (χ4n) is 1.70. The Labute approximate surface area is 129 Å². The predicted molar refractivity (Wildman–Crippen MR) is 86.3 cm³/mol. The lowest BCUT2D eigenvalue weighted by Crippen LogP contribution is -2.19. The Bertz CT molecular complexity index is 599. The maximum Gasteiger partial charge on any atom is 0.323 e. The molecule has 2 aromatic carbocycles. The summed E-state index contributed by atoms with van der Waals surface area (Å²) in [6, 6.07) is 13.9. The summed E-state index contributed by atoms with van der Waals surface area (Å²) in [5, 5.41) is 5.93. The lowest BCUT2D eigenvalue weighted by molar-refractivity contribution is 0.262. The molecule has 0 unspecified atom stereocenters. The van der Waals surface area contributed by atoms with Crippen LogP contribution in [0.4, 0.5) is 16.2 Å². The monoisotopic (exact) mass is 304 g/mol. The van der Waals surface area contributed by atoms with Gasteiger partial charge in [0, 0.05) is 5.69 Å². The molecule has 2 N–H and O–H groups in total. The van der Waals surface area contributed by atoms with Gasteiger partial charge in [0.15, 0.2) is 0 Å². The van der Waals surface area contributed by atoms with Crippen LogP contribution in [0.15, 0.2) is 48.5 Å². The van der Waals surface area contributed by atoms with Gasteiger partial charge < -0.3 is 15.4 Å². The second-order valence-electron chi connectivity index (χ2n) is 4.43. The molecule has 0 saturated carbocycles. The molecule has 0 fully saturated rings. The van der Waals surface area contributed by atoms with E-state index in [1.165, 1.54) is 0 Å². The summed E-state index contributed by atoms with van der Waals surface area (Å²) in [5.74, 6) is 0.786. The molecule has 0 aliphatic heterocycles. The van der Waals surface area contributed by atoms with Gasteiger partial charge in [0.25, 0.3) is 0 Å². The standard InChI is InChI=1S/C16H17ClN2O2/c1-2-11-21-13-9-7-12(8-10-13)18-16(20)19-15-6-4-3-5-14(15)17/h3-10H,2,11H2,1H3,(H2,18,19,20). The number of carbonyl (C=O) groups is 1. The highest BCUT2D eigenvalue weighted by Crippen LogP contribution is 2.21. The molecule has 21 heavy (non-hydrogen) atoms. The number of halogens is 1. The van der Waals surface area contributed by atoms with E-state index in [0.717, 1.165) is 12.2 Å². The van der Waals surface area contributed by atoms with E-state index in [-0.39, 0.29) is 6.03 Å². The molecule has 5 heteroatoms. The lowest BCUT2D eigenvalue weighted by Gasteiger charge is -2.10. The molecule has 0 saturated heterocycles. The fourth-order valence-corrected chi connectivity index (χ4v) is 1.88. The van der Waals surface area contributed by atoms with Crippen LogP contribution in [0.5, 0.6) is 5.75 Å². The van der Waals surface area contributed by atoms with Gasteiger partial charge in [-0.15, -0.1) is 0 Å². The zero-order valence-electron chi connectivity index (χ0n) is 11.7. The maximum absolute atomic E-state index is 11.9. The minimum Gasteiger partial charge on any atom is -0.494 e. The van der Waals surface area contributed by atoms with Gasteiger partial charge in [-0.3, -0.25) is 0 Å². The number of urea groups is 1. The van der Waals surface area contributed by atoms with Crippen molar-refractivity contribution in [1.29, 1.82) is 0 Å². The second kappa shape index (κ2) is 7.55. The Hall–Kier alpha value is -2.20. The smallest absolute Gasteiger partial charge is 0.323 e. The number of amides is 2. The normalized spacial score (nSPS) is 10.0. The molecular formula is C16H17ClN2O2. The SMILES string of the molecule is CCCOc1ccc(NC(=O)Nc2ccccc2Cl)cc1. The van der Waals surface area contributed by atoms with Crippen LogP contribution in [-0.2, 0) is 0 Å². The summed E-state index contributed by atoms with van der Waals surface area (Å²) in [6.07, 6.45) is 0.959. The number of nitrogens with one attached hydrogen (secondary N) is 2. The summed E-state index contributed by atoms with van der Waals surface area (Å²) in [6.45, 7) is 2.73. The zero-order valence-corrected chi connectivity index (χ0v) is 12.5. The maximum atomic E-state index is 11.9. The van der Waals surface area contributed by atoms with Crippen molar-refractivity contribution in [2.75, 3.05) is 17.2 Å². The van der Waals surface area contributed by atoms with Crippen molar-refractivity contribution in [1.82, 2.24) is 0 Å². The van der Waals surface area contributed by atoms with Crippen LogP contribution in [0.2, 0.25) is 5.02 Å². The summed E-state index contributed by atoms with van der Waals surface area (Å²) < 4.78 is 5.48. The van der Waals surface area contributed by atoms with Crippen LogP contribution < -0.4 is 15.4 Å². The third-order valence-electron chi connectivity index (χ3n) is 2.71. The van der Waals surface area contributed by atoms with Gasteiger partial charge >= 0.3 is 6.03 Å². The van der Waals surface area contributed by atoms with Gasteiger partial charge in [0.2, 0.25) is 0 Å². The molecule has 4 nitrogen and oxygen atoms in total. The van der Waals surface area contributed by atoms with Crippen LogP contribution in [0.25, 0.3) is 0 Å². The van der Waals surface area contributed by atoms with Crippen LogP contribution in [-0.4, -0.2) is 12.6 Å². The van der Waals surface area contributed by atoms with Gasteiger partial charge in [-0.25, -0.2) is 4.79 Å². The first kappa shape index (κ1) is 15.2. The average Bonchev–Trinajstić information content (AvgIpc) is 2.49. The van der Waals surface area contributed by atoms with Crippen molar-refractivity contribution in [3.63, 3.8) is 0 Å². The Morgan fingerprint density at radius 1 is 1.10 bits per heavy atom. The highest BCUT2D eigenvalue weighted by atomic mass is 35.5.